The summed E-state index contributed by atoms with van der Waals surface area (Å²) in [6.07, 6.45) is 3.29. The molecule has 2 aromatic carbocycles. The van der Waals surface area contributed by atoms with Crippen LogP contribution in [0.15, 0.2) is 79.1 Å². The first-order valence-corrected chi connectivity index (χ1v) is 13.2. The summed E-state index contributed by atoms with van der Waals surface area (Å²) in [6, 6.07) is 19.5. The third kappa shape index (κ3) is 5.63. The van der Waals surface area contributed by atoms with Gasteiger partial charge in [-0.1, -0.05) is 49.4 Å². The molecule has 2 saturated heterocycles. The van der Waals surface area contributed by atoms with Crippen LogP contribution in [0.3, 0.4) is 0 Å². The van der Waals surface area contributed by atoms with Gasteiger partial charge in [0.1, 0.15) is 18.0 Å². The summed E-state index contributed by atoms with van der Waals surface area (Å²) in [5.41, 5.74) is 2.81. The lowest BCUT2D eigenvalue weighted by Crippen LogP contribution is -2.75. The van der Waals surface area contributed by atoms with Gasteiger partial charge in [0.25, 0.3) is 0 Å². The maximum atomic E-state index is 13.9. The Morgan fingerprint density at radius 1 is 1.00 bits per heavy atom. The molecule has 3 heterocycles. The molecule has 1 N–H and O–H groups in total. The highest BCUT2D eigenvalue weighted by molar-refractivity contribution is 5.92. The third-order valence-corrected chi connectivity index (χ3v) is 7.53. The number of hydrazine groups is 1. The van der Waals surface area contributed by atoms with Gasteiger partial charge in [0.2, 0.25) is 17.7 Å². The number of phenols is 1. The number of aromatic nitrogens is 1. The molecule has 1 aromatic heterocycles. The first-order chi connectivity index (χ1) is 18.8. The molecule has 2 fully saturated rings. The third-order valence-electron chi connectivity index (χ3n) is 7.53. The zero-order chi connectivity index (χ0) is 27.5. The monoisotopic (exact) mass is 527 g/mol. The normalized spacial score (nSPS) is 20.6. The van der Waals surface area contributed by atoms with E-state index in [2.05, 4.69) is 4.98 Å². The molecule has 1 unspecified atom stereocenters. The lowest BCUT2D eigenvalue weighted by atomic mass is 9.96. The smallest absolute Gasteiger partial charge is 0.246 e. The minimum atomic E-state index is -0.779. The Labute approximate surface area is 228 Å². The summed E-state index contributed by atoms with van der Waals surface area (Å²) >= 11 is 0. The van der Waals surface area contributed by atoms with Gasteiger partial charge in [-0.05, 0) is 46.9 Å². The number of phenolic OH excluding ortho intramolecular Hbond substituents is 1. The highest BCUT2D eigenvalue weighted by Gasteiger charge is 2.50. The summed E-state index contributed by atoms with van der Waals surface area (Å²) in [7, 11) is 1.75. The van der Waals surface area contributed by atoms with Crippen molar-refractivity contribution >= 4 is 17.7 Å². The van der Waals surface area contributed by atoms with Crippen molar-refractivity contribution in [3.8, 4) is 5.75 Å². The molecule has 9 heteroatoms. The van der Waals surface area contributed by atoms with Crippen LogP contribution in [-0.2, 0) is 27.3 Å². The van der Waals surface area contributed by atoms with Gasteiger partial charge in [0.05, 0.1) is 13.1 Å². The molecular formula is C30H33N5O4. The standard InChI is InChI=1S/C30H33N5O4/c1-21(24-6-4-3-5-7-24)16-28(37)35-27-19-33(18-23-12-14-31-15-13-23)30(39)26(34(27)29(38)20-32(35)2)17-22-8-10-25(36)11-9-22/h3-15,21,26-27,36H,16-20H2,1-2H3/t21-,26+,27?/m1/s1. The molecule has 202 valence electrons. The highest BCUT2D eigenvalue weighted by atomic mass is 16.3. The topological polar surface area (TPSA) is 97.3 Å². The zero-order valence-corrected chi connectivity index (χ0v) is 22.2. The molecule has 9 nitrogen and oxygen atoms in total. The van der Waals surface area contributed by atoms with Crippen LogP contribution in [0.25, 0.3) is 0 Å². The number of carbonyl (C=O) groups excluding carboxylic acids is 3. The number of aromatic hydroxyl groups is 1. The Bertz CT molecular complexity index is 1320. The second-order valence-corrected chi connectivity index (χ2v) is 10.3. The van der Waals surface area contributed by atoms with Crippen molar-refractivity contribution in [1.82, 2.24) is 24.8 Å². The van der Waals surface area contributed by atoms with E-state index in [1.807, 2.05) is 49.4 Å². The highest BCUT2D eigenvalue weighted by Crippen LogP contribution is 2.30. The van der Waals surface area contributed by atoms with Crippen molar-refractivity contribution in [3.63, 3.8) is 0 Å². The van der Waals surface area contributed by atoms with Gasteiger partial charge in [-0.25, -0.2) is 5.01 Å². The Morgan fingerprint density at radius 2 is 1.69 bits per heavy atom. The predicted molar refractivity (Wildman–Crippen MR) is 145 cm³/mol. The molecule has 2 aliphatic rings. The van der Waals surface area contributed by atoms with E-state index in [1.165, 1.54) is 0 Å². The average molecular weight is 528 g/mol. The molecular weight excluding hydrogens is 494 g/mol. The van der Waals surface area contributed by atoms with Crippen LogP contribution in [0.5, 0.6) is 5.75 Å². The van der Waals surface area contributed by atoms with Gasteiger partial charge in [0, 0.05) is 38.8 Å². The molecule has 39 heavy (non-hydrogen) atoms. The quantitative estimate of drug-likeness (QED) is 0.508. The number of piperazine rings is 1. The lowest BCUT2D eigenvalue weighted by Gasteiger charge is -2.54. The van der Waals surface area contributed by atoms with E-state index in [4.69, 9.17) is 0 Å². The van der Waals surface area contributed by atoms with Crippen LogP contribution >= 0.6 is 0 Å². The number of rotatable bonds is 7. The van der Waals surface area contributed by atoms with Crippen molar-refractivity contribution in [3.05, 3.63) is 95.8 Å². The number of pyridine rings is 1. The van der Waals surface area contributed by atoms with Gasteiger partial charge in [-0.15, -0.1) is 0 Å². The number of hydrogen-bond donors (Lipinski definition) is 1. The number of fused-ring (bicyclic) bond motifs is 1. The van der Waals surface area contributed by atoms with Crippen LogP contribution in [0, 0.1) is 0 Å². The molecule has 3 aromatic rings. The van der Waals surface area contributed by atoms with Gasteiger partial charge in [-0.3, -0.25) is 24.4 Å². The average Bonchev–Trinajstić information content (AvgIpc) is 2.93. The number of benzene rings is 2. The van der Waals surface area contributed by atoms with Crippen LogP contribution < -0.4 is 0 Å². The second-order valence-electron chi connectivity index (χ2n) is 10.3. The van der Waals surface area contributed by atoms with Gasteiger partial charge >= 0.3 is 0 Å². The Balaban J connectivity index is 1.47. The number of carbonyl (C=O) groups is 3. The van der Waals surface area contributed by atoms with E-state index < -0.39 is 12.2 Å². The molecule has 2 aliphatic heterocycles. The van der Waals surface area contributed by atoms with Crippen LogP contribution in [0.1, 0.15) is 36.0 Å². The summed E-state index contributed by atoms with van der Waals surface area (Å²) in [5, 5.41) is 13.1. The van der Waals surface area contributed by atoms with E-state index in [1.54, 1.807) is 63.5 Å². The van der Waals surface area contributed by atoms with Gasteiger partial charge in [0.15, 0.2) is 0 Å². The number of hydrogen-bond acceptors (Lipinski definition) is 6. The van der Waals surface area contributed by atoms with Crippen molar-refractivity contribution < 1.29 is 19.5 Å². The molecule has 0 radical (unpaired) electrons. The summed E-state index contributed by atoms with van der Waals surface area (Å²) in [4.78, 5) is 48.5. The fourth-order valence-corrected chi connectivity index (χ4v) is 5.53. The molecule has 0 saturated carbocycles. The minimum absolute atomic E-state index is 0.00563. The first kappa shape index (κ1) is 26.4. The van der Waals surface area contributed by atoms with Crippen molar-refractivity contribution in [1.29, 1.82) is 0 Å². The Morgan fingerprint density at radius 3 is 2.38 bits per heavy atom. The van der Waals surface area contributed by atoms with E-state index in [9.17, 15) is 19.5 Å². The summed E-state index contributed by atoms with van der Waals surface area (Å²) in [5.74, 6) is -0.338. The maximum Gasteiger partial charge on any atom is 0.246 e. The lowest BCUT2D eigenvalue weighted by molar-refractivity contribution is -0.203. The molecule has 0 spiro atoms. The molecule has 3 atom stereocenters. The van der Waals surface area contributed by atoms with Crippen molar-refractivity contribution in [2.75, 3.05) is 20.1 Å². The van der Waals surface area contributed by atoms with Crippen LogP contribution in [0.4, 0.5) is 0 Å². The number of nitrogens with zero attached hydrogens (tertiary/aromatic N) is 5. The van der Waals surface area contributed by atoms with Crippen molar-refractivity contribution in [2.24, 2.45) is 0 Å². The fraction of sp³-hybridized carbons (Fsp3) is 0.333. The largest absolute Gasteiger partial charge is 0.508 e. The molecule has 5 rings (SSSR count). The van der Waals surface area contributed by atoms with Crippen molar-refractivity contribution in [2.45, 2.75) is 44.4 Å². The molecule has 0 bridgehead atoms. The van der Waals surface area contributed by atoms with Gasteiger partial charge in [-0.2, -0.15) is 0 Å². The summed E-state index contributed by atoms with van der Waals surface area (Å²) < 4.78 is 0. The van der Waals surface area contributed by atoms with E-state index in [0.717, 1.165) is 16.7 Å². The predicted octanol–water partition coefficient (Wildman–Crippen LogP) is 2.78. The second kappa shape index (κ2) is 11.2. The fourth-order valence-electron chi connectivity index (χ4n) is 5.53. The van der Waals surface area contributed by atoms with Crippen LogP contribution in [-0.4, -0.2) is 80.0 Å². The zero-order valence-electron chi connectivity index (χ0n) is 22.2. The maximum absolute atomic E-state index is 13.9. The first-order valence-electron chi connectivity index (χ1n) is 13.2. The number of amides is 3. The Hall–Kier alpha value is -4.24. The Kier molecular flexibility index (Phi) is 7.60. The summed E-state index contributed by atoms with van der Waals surface area (Å²) in [6.45, 7) is 2.58. The van der Waals surface area contributed by atoms with Gasteiger partial charge < -0.3 is 14.9 Å². The van der Waals surface area contributed by atoms with Crippen LogP contribution in [0.2, 0.25) is 0 Å². The van der Waals surface area contributed by atoms with E-state index in [-0.39, 0.29) is 55.3 Å². The SMILES string of the molecule is C[C@H](CC(=O)N1C2CN(Cc3ccncc3)C(=O)[C@H](Cc3ccc(O)cc3)N2C(=O)CN1C)c1ccccc1. The molecule has 0 aliphatic carbocycles. The minimum Gasteiger partial charge on any atom is -0.508 e. The van der Waals surface area contributed by atoms with E-state index >= 15 is 0 Å². The molecule has 3 amide bonds. The number of likely N-dealkylation sites (N-methyl/N-ethyl adjacent to an activating group) is 1. The van der Waals surface area contributed by atoms with E-state index in [0.29, 0.717) is 6.54 Å².